The molecule has 3 aromatic heterocycles. The number of hydrogen-bond acceptors (Lipinski definition) is 8. The molecule has 0 bridgehead atoms. The topological polar surface area (TPSA) is 134 Å². The van der Waals surface area contributed by atoms with Gasteiger partial charge in [-0.2, -0.15) is 13.2 Å². The summed E-state index contributed by atoms with van der Waals surface area (Å²) in [4.78, 5) is 39.0. The van der Waals surface area contributed by atoms with Crippen LogP contribution in [0.4, 0.5) is 30.4 Å². The van der Waals surface area contributed by atoms with Gasteiger partial charge in [-0.1, -0.05) is 6.07 Å². The molecule has 0 spiro atoms. The molecule has 4 N–H and O–H groups in total. The Morgan fingerprint density at radius 3 is 2.60 bits per heavy atom. The summed E-state index contributed by atoms with van der Waals surface area (Å²) in [6.45, 7) is 1.38. The van der Waals surface area contributed by atoms with Crippen LogP contribution in [0.1, 0.15) is 50.4 Å². The minimum Gasteiger partial charge on any atom is -0.390 e. The lowest BCUT2D eigenvalue weighted by molar-refractivity contribution is -0.137. The van der Waals surface area contributed by atoms with E-state index in [-0.39, 0.29) is 29.2 Å². The predicted molar refractivity (Wildman–Crippen MR) is 156 cm³/mol. The van der Waals surface area contributed by atoms with Crippen molar-refractivity contribution in [2.45, 2.75) is 38.6 Å². The number of nitrogens with zero attached hydrogens (tertiary/aromatic N) is 4. The molecule has 6 rings (SSSR count). The number of amides is 2. The number of halogens is 3. The second-order valence-corrected chi connectivity index (χ2v) is 11.0. The average Bonchev–Trinajstić information content (AvgIpc) is 3.47. The van der Waals surface area contributed by atoms with Crippen LogP contribution >= 0.6 is 11.3 Å². The highest BCUT2D eigenvalue weighted by atomic mass is 32.1. The van der Waals surface area contributed by atoms with Crippen molar-refractivity contribution in [2.24, 2.45) is 0 Å². The summed E-state index contributed by atoms with van der Waals surface area (Å²) in [5.74, 6) is -0.411. The Morgan fingerprint density at radius 2 is 1.88 bits per heavy atom. The lowest BCUT2D eigenvalue weighted by Gasteiger charge is -2.14. The molecule has 1 saturated carbocycles. The number of benzene rings is 2. The molecule has 0 atom stereocenters. The molecule has 43 heavy (non-hydrogen) atoms. The number of nitrogens with one attached hydrogen (secondary N) is 3. The Kier molecular flexibility index (Phi) is 7.31. The van der Waals surface area contributed by atoms with Crippen LogP contribution in [-0.4, -0.2) is 42.5 Å². The Morgan fingerprint density at radius 1 is 1.07 bits per heavy atom. The molecule has 3 heterocycles. The number of aliphatic hydroxyl groups excluding tert-OH is 1. The van der Waals surface area contributed by atoms with Crippen molar-refractivity contribution < 1.29 is 27.9 Å². The summed E-state index contributed by atoms with van der Waals surface area (Å²) in [5.41, 5.74) is 1.33. The van der Waals surface area contributed by atoms with Gasteiger partial charge in [0, 0.05) is 40.2 Å². The van der Waals surface area contributed by atoms with E-state index in [1.807, 2.05) is 0 Å². The van der Waals surface area contributed by atoms with Gasteiger partial charge in [0.05, 0.1) is 40.0 Å². The maximum Gasteiger partial charge on any atom is 0.416 e. The quantitative estimate of drug-likeness (QED) is 0.176. The first-order valence-electron chi connectivity index (χ1n) is 13.2. The normalized spacial score (nSPS) is 13.2. The van der Waals surface area contributed by atoms with Gasteiger partial charge in [0.15, 0.2) is 0 Å². The Hall–Kier alpha value is -4.82. The van der Waals surface area contributed by atoms with Crippen LogP contribution in [0, 0.1) is 6.92 Å². The van der Waals surface area contributed by atoms with E-state index in [9.17, 15) is 27.9 Å². The fourth-order valence-electron chi connectivity index (χ4n) is 4.41. The summed E-state index contributed by atoms with van der Waals surface area (Å²) in [6.07, 6.45) is 1.53. The van der Waals surface area contributed by atoms with E-state index in [2.05, 4.69) is 30.9 Å². The Bertz CT molecular complexity index is 1860. The summed E-state index contributed by atoms with van der Waals surface area (Å²) >= 11 is 1.36. The van der Waals surface area contributed by atoms with Crippen LogP contribution in [0.5, 0.6) is 0 Å². The molecule has 0 unspecified atom stereocenters. The van der Waals surface area contributed by atoms with Crippen LogP contribution in [0.3, 0.4) is 0 Å². The number of anilines is 3. The molecule has 0 aliphatic heterocycles. The number of aromatic nitrogens is 4. The van der Waals surface area contributed by atoms with Crippen LogP contribution in [-0.2, 0) is 12.8 Å². The predicted octanol–water partition coefficient (Wildman–Crippen LogP) is 5.78. The van der Waals surface area contributed by atoms with Gasteiger partial charge in [-0.15, -0.1) is 11.3 Å². The van der Waals surface area contributed by atoms with Crippen molar-refractivity contribution in [1.29, 1.82) is 0 Å². The number of carbonyl (C=O) groups excluding carboxylic acids is 2. The molecule has 1 fully saturated rings. The van der Waals surface area contributed by atoms with Crippen LogP contribution in [0.25, 0.3) is 15.9 Å². The first-order chi connectivity index (χ1) is 20.6. The van der Waals surface area contributed by atoms with Crippen molar-refractivity contribution in [3.8, 4) is 5.69 Å². The minimum absolute atomic E-state index is 0.0940. The Labute approximate surface area is 246 Å². The highest BCUT2D eigenvalue weighted by Gasteiger charge is 2.32. The van der Waals surface area contributed by atoms with Crippen molar-refractivity contribution in [3.05, 3.63) is 88.6 Å². The van der Waals surface area contributed by atoms with Gasteiger partial charge in [-0.25, -0.2) is 15.0 Å². The van der Waals surface area contributed by atoms with Gasteiger partial charge in [0.25, 0.3) is 11.8 Å². The van der Waals surface area contributed by atoms with Crippen LogP contribution < -0.4 is 16.0 Å². The van der Waals surface area contributed by atoms with Gasteiger partial charge in [-0.3, -0.25) is 9.59 Å². The largest absolute Gasteiger partial charge is 0.416 e. The van der Waals surface area contributed by atoms with E-state index in [1.54, 1.807) is 18.4 Å². The maximum atomic E-state index is 13.7. The van der Waals surface area contributed by atoms with E-state index in [4.69, 9.17) is 0 Å². The number of imidazole rings is 1. The molecule has 1 aliphatic rings. The van der Waals surface area contributed by atoms with Gasteiger partial charge in [0.1, 0.15) is 12.1 Å². The molecule has 2 amide bonds. The van der Waals surface area contributed by atoms with E-state index >= 15 is 0 Å². The van der Waals surface area contributed by atoms with E-state index < -0.39 is 23.6 Å². The SMILES string of the molecule is Cc1ccc(C(=O)Nc2cc(-n3cnc(CO)c3)cc(C(F)(F)F)c2)cc1NC(=O)c1csc2c(NC3CC3)ncnc12. The average molecular weight is 608 g/mol. The third kappa shape index (κ3) is 6.05. The fourth-order valence-corrected chi connectivity index (χ4v) is 5.36. The van der Waals surface area contributed by atoms with Crippen molar-refractivity contribution in [2.75, 3.05) is 16.0 Å². The number of alkyl halides is 3. The number of aryl methyl sites for hydroxylation is 1. The lowest BCUT2D eigenvalue weighted by atomic mass is 10.1. The maximum absolute atomic E-state index is 13.7. The summed E-state index contributed by atoms with van der Waals surface area (Å²) in [5, 5.41) is 19.7. The number of fused-ring (bicyclic) bond motifs is 1. The van der Waals surface area contributed by atoms with Crippen LogP contribution in [0.2, 0.25) is 0 Å². The van der Waals surface area contributed by atoms with Crippen molar-refractivity contribution >= 4 is 50.6 Å². The van der Waals surface area contributed by atoms with Crippen molar-refractivity contribution in [3.63, 3.8) is 0 Å². The van der Waals surface area contributed by atoms with Gasteiger partial charge >= 0.3 is 6.18 Å². The molecule has 0 saturated heterocycles. The van der Waals surface area contributed by atoms with Gasteiger partial charge in [-0.05, 0) is 55.7 Å². The molecule has 14 heteroatoms. The summed E-state index contributed by atoms with van der Waals surface area (Å²) in [6, 6.07) is 8.10. The summed E-state index contributed by atoms with van der Waals surface area (Å²) < 4.78 is 43.1. The third-order valence-electron chi connectivity index (χ3n) is 6.86. The number of thiophene rings is 1. The van der Waals surface area contributed by atoms with Gasteiger partial charge in [0.2, 0.25) is 0 Å². The fraction of sp³-hybridized carbons (Fsp3) is 0.207. The Balaban J connectivity index is 1.24. The molecule has 1 aliphatic carbocycles. The number of rotatable bonds is 8. The highest BCUT2D eigenvalue weighted by molar-refractivity contribution is 7.18. The zero-order valence-electron chi connectivity index (χ0n) is 22.6. The molecular formula is C29H24F3N7O3S. The number of aliphatic hydroxyl groups is 1. The zero-order chi connectivity index (χ0) is 30.3. The van der Waals surface area contributed by atoms with E-state index in [0.717, 1.165) is 29.7 Å². The third-order valence-corrected chi connectivity index (χ3v) is 7.84. The monoisotopic (exact) mass is 607 g/mol. The van der Waals surface area contributed by atoms with E-state index in [0.29, 0.717) is 34.2 Å². The standard InChI is InChI=1S/C29H24F3N7O3S/c1-15-2-3-16(6-23(15)38-28(42)22-12-43-25-24(22)33-13-34-26(25)36-18-4-5-18)27(41)37-19-7-17(29(30,31)32)8-21(9-19)39-10-20(11-40)35-14-39/h2-3,6-10,12-14,18,40H,4-5,11H2,1H3,(H,37,41)(H,38,42)(H,33,34,36). The minimum atomic E-state index is -4.68. The second kappa shape index (κ2) is 11.1. The number of carbonyl (C=O) groups is 2. The number of hydrogen-bond donors (Lipinski definition) is 4. The van der Waals surface area contributed by atoms with Gasteiger partial charge < -0.3 is 25.6 Å². The molecule has 10 nitrogen and oxygen atoms in total. The lowest BCUT2D eigenvalue weighted by Crippen LogP contribution is -2.16. The first-order valence-corrected chi connectivity index (χ1v) is 14.1. The van der Waals surface area contributed by atoms with Crippen molar-refractivity contribution in [1.82, 2.24) is 19.5 Å². The molecule has 5 aromatic rings. The molecule has 220 valence electrons. The molecular weight excluding hydrogens is 583 g/mol. The van der Waals surface area contributed by atoms with Crippen LogP contribution in [0.15, 0.2) is 60.6 Å². The molecule has 2 aromatic carbocycles. The van der Waals surface area contributed by atoms with E-state index in [1.165, 1.54) is 53.0 Å². The first kappa shape index (κ1) is 28.3. The zero-order valence-corrected chi connectivity index (χ0v) is 23.4. The molecule has 0 radical (unpaired) electrons. The summed E-state index contributed by atoms with van der Waals surface area (Å²) in [7, 11) is 0. The smallest absolute Gasteiger partial charge is 0.390 e. The second-order valence-electron chi connectivity index (χ2n) is 10.1. The highest BCUT2D eigenvalue weighted by Crippen LogP contribution is 2.35.